The molecule has 0 aromatic heterocycles. The molecule has 0 spiro atoms. The number of nitrogens with zero attached hydrogens (tertiary/aromatic N) is 2. The number of carbonyl (C=O) groups excluding carboxylic acids is 3. The van der Waals surface area contributed by atoms with Gasteiger partial charge in [0, 0.05) is 26.6 Å². The predicted octanol–water partition coefficient (Wildman–Crippen LogP) is 1.91. The van der Waals surface area contributed by atoms with Crippen molar-refractivity contribution in [2.75, 3.05) is 13.6 Å². The molecule has 0 radical (unpaired) electrons. The Morgan fingerprint density at radius 2 is 1.78 bits per heavy atom. The van der Waals surface area contributed by atoms with Gasteiger partial charge in [0.1, 0.15) is 16.8 Å². The van der Waals surface area contributed by atoms with Gasteiger partial charge >= 0.3 is 0 Å². The van der Waals surface area contributed by atoms with E-state index < -0.39 is 33.7 Å². The highest BCUT2D eigenvalue weighted by atomic mass is 32.2. The summed E-state index contributed by atoms with van der Waals surface area (Å²) in [6, 6.07) is 10.6. The van der Waals surface area contributed by atoms with Crippen molar-refractivity contribution in [2.24, 2.45) is 0 Å². The van der Waals surface area contributed by atoms with E-state index in [1.807, 2.05) is 0 Å². The SMILES string of the molecule is CC[C@H](C(=O)NC)N(Cc1ccc(F)cc1)C(=O)CCN1C(=O)c2ccccc2S1(=O)=O. The van der Waals surface area contributed by atoms with E-state index in [2.05, 4.69) is 5.32 Å². The molecule has 2 aromatic carbocycles. The van der Waals surface area contributed by atoms with Gasteiger partial charge in [-0.3, -0.25) is 14.4 Å². The molecule has 1 atom stereocenters. The second kappa shape index (κ2) is 9.47. The van der Waals surface area contributed by atoms with E-state index in [-0.39, 0.29) is 35.9 Å². The van der Waals surface area contributed by atoms with Gasteiger partial charge in [-0.2, -0.15) is 0 Å². The largest absolute Gasteiger partial charge is 0.357 e. The minimum absolute atomic E-state index is 0.0337. The molecule has 3 amide bonds. The van der Waals surface area contributed by atoms with Crippen LogP contribution in [-0.2, 0) is 26.2 Å². The Morgan fingerprint density at radius 3 is 2.38 bits per heavy atom. The number of nitrogens with one attached hydrogen (secondary N) is 1. The van der Waals surface area contributed by atoms with Crippen LogP contribution in [0.2, 0.25) is 0 Å². The number of fused-ring (bicyclic) bond motifs is 1. The monoisotopic (exact) mass is 461 g/mol. The van der Waals surface area contributed by atoms with Crippen LogP contribution in [0.15, 0.2) is 53.4 Å². The molecule has 0 saturated carbocycles. The van der Waals surface area contributed by atoms with Gasteiger partial charge in [0.15, 0.2) is 0 Å². The molecular weight excluding hydrogens is 437 g/mol. The summed E-state index contributed by atoms with van der Waals surface area (Å²) in [6.45, 7) is 1.43. The van der Waals surface area contributed by atoms with Gasteiger partial charge < -0.3 is 10.2 Å². The van der Waals surface area contributed by atoms with Crippen LogP contribution >= 0.6 is 0 Å². The number of carbonyl (C=O) groups is 3. The molecular formula is C22H24FN3O5S. The Balaban J connectivity index is 1.81. The molecule has 3 rings (SSSR count). The van der Waals surface area contributed by atoms with Crippen molar-refractivity contribution in [1.29, 1.82) is 0 Å². The summed E-state index contributed by atoms with van der Waals surface area (Å²) in [7, 11) is -2.58. The van der Waals surface area contributed by atoms with E-state index in [4.69, 9.17) is 0 Å². The van der Waals surface area contributed by atoms with Crippen molar-refractivity contribution < 1.29 is 27.2 Å². The molecule has 32 heavy (non-hydrogen) atoms. The lowest BCUT2D eigenvalue weighted by molar-refractivity contribution is -0.141. The zero-order valence-electron chi connectivity index (χ0n) is 17.7. The predicted molar refractivity (Wildman–Crippen MR) is 114 cm³/mol. The fourth-order valence-electron chi connectivity index (χ4n) is 3.67. The Bertz CT molecular complexity index is 1130. The average molecular weight is 462 g/mol. The quantitative estimate of drug-likeness (QED) is 0.647. The van der Waals surface area contributed by atoms with Crippen LogP contribution in [0.5, 0.6) is 0 Å². The smallest absolute Gasteiger partial charge is 0.269 e. The summed E-state index contributed by atoms with van der Waals surface area (Å²) >= 11 is 0. The van der Waals surface area contributed by atoms with Crippen molar-refractivity contribution in [2.45, 2.75) is 37.2 Å². The molecule has 1 heterocycles. The molecule has 1 aliphatic heterocycles. The normalized spacial score (nSPS) is 15.2. The van der Waals surface area contributed by atoms with Crippen LogP contribution < -0.4 is 5.32 Å². The number of hydrogen-bond acceptors (Lipinski definition) is 5. The highest BCUT2D eigenvalue weighted by Crippen LogP contribution is 2.30. The van der Waals surface area contributed by atoms with E-state index in [9.17, 15) is 27.2 Å². The van der Waals surface area contributed by atoms with Crippen LogP contribution in [0.1, 0.15) is 35.7 Å². The molecule has 10 heteroatoms. The van der Waals surface area contributed by atoms with Gasteiger partial charge in [-0.05, 0) is 36.2 Å². The lowest BCUT2D eigenvalue weighted by Crippen LogP contribution is -2.49. The molecule has 0 saturated heterocycles. The summed E-state index contributed by atoms with van der Waals surface area (Å²) in [5.74, 6) is -1.98. The summed E-state index contributed by atoms with van der Waals surface area (Å²) < 4.78 is 39.4. The van der Waals surface area contributed by atoms with E-state index in [0.717, 1.165) is 0 Å². The molecule has 0 bridgehead atoms. The van der Waals surface area contributed by atoms with Crippen molar-refractivity contribution in [1.82, 2.24) is 14.5 Å². The summed E-state index contributed by atoms with van der Waals surface area (Å²) in [6.07, 6.45) is 0.0205. The lowest BCUT2D eigenvalue weighted by Gasteiger charge is -2.30. The summed E-state index contributed by atoms with van der Waals surface area (Å²) in [5, 5.41) is 2.52. The van der Waals surface area contributed by atoms with E-state index in [0.29, 0.717) is 16.3 Å². The first kappa shape index (κ1) is 23.4. The second-order valence-corrected chi connectivity index (χ2v) is 9.15. The Kier molecular flexibility index (Phi) is 6.93. The van der Waals surface area contributed by atoms with E-state index >= 15 is 0 Å². The van der Waals surface area contributed by atoms with Crippen molar-refractivity contribution in [3.8, 4) is 0 Å². The first-order chi connectivity index (χ1) is 15.2. The molecule has 1 N–H and O–H groups in total. The fraction of sp³-hybridized carbons (Fsp3) is 0.318. The fourth-order valence-corrected chi connectivity index (χ4v) is 5.24. The molecule has 0 fully saturated rings. The number of halogens is 1. The number of hydrogen-bond donors (Lipinski definition) is 1. The number of benzene rings is 2. The first-order valence-corrected chi connectivity index (χ1v) is 11.6. The number of sulfonamides is 1. The average Bonchev–Trinajstić information content (AvgIpc) is 2.98. The van der Waals surface area contributed by atoms with Gasteiger partial charge in [0.25, 0.3) is 15.9 Å². The zero-order chi connectivity index (χ0) is 23.5. The third kappa shape index (κ3) is 4.50. The Morgan fingerprint density at radius 1 is 1.12 bits per heavy atom. The maximum atomic E-state index is 13.3. The van der Waals surface area contributed by atoms with Crippen LogP contribution in [0, 0.1) is 5.82 Å². The van der Waals surface area contributed by atoms with Crippen molar-refractivity contribution in [3.05, 3.63) is 65.5 Å². The molecule has 1 aliphatic rings. The topological polar surface area (TPSA) is 104 Å². The van der Waals surface area contributed by atoms with E-state index in [1.54, 1.807) is 13.0 Å². The summed E-state index contributed by atoms with van der Waals surface area (Å²) in [5.41, 5.74) is 0.680. The molecule has 8 nitrogen and oxygen atoms in total. The number of rotatable bonds is 8. The molecule has 0 unspecified atom stereocenters. The summed E-state index contributed by atoms with van der Waals surface area (Å²) in [4.78, 5) is 39.3. The van der Waals surface area contributed by atoms with Gasteiger partial charge in [-0.15, -0.1) is 0 Å². The van der Waals surface area contributed by atoms with E-state index in [1.165, 1.54) is 54.4 Å². The number of amides is 3. The molecule has 0 aliphatic carbocycles. The highest BCUT2D eigenvalue weighted by Gasteiger charge is 2.41. The highest BCUT2D eigenvalue weighted by molar-refractivity contribution is 7.90. The van der Waals surface area contributed by atoms with Crippen molar-refractivity contribution >= 4 is 27.7 Å². The van der Waals surface area contributed by atoms with Gasteiger partial charge in [0.05, 0.1) is 5.56 Å². The van der Waals surface area contributed by atoms with Gasteiger partial charge in [-0.25, -0.2) is 17.1 Å². The van der Waals surface area contributed by atoms with Crippen LogP contribution in [0.25, 0.3) is 0 Å². The second-order valence-electron chi connectivity index (χ2n) is 7.31. The van der Waals surface area contributed by atoms with Crippen molar-refractivity contribution in [3.63, 3.8) is 0 Å². The third-order valence-corrected chi connectivity index (χ3v) is 7.18. The molecule has 170 valence electrons. The van der Waals surface area contributed by atoms with Gasteiger partial charge in [-0.1, -0.05) is 31.2 Å². The Labute approximate surface area is 186 Å². The maximum absolute atomic E-state index is 13.3. The minimum Gasteiger partial charge on any atom is -0.357 e. The maximum Gasteiger partial charge on any atom is 0.269 e. The number of likely N-dealkylation sites (N-methyl/N-ethyl adjacent to an activating group) is 1. The van der Waals surface area contributed by atoms with Crippen LogP contribution in [0.3, 0.4) is 0 Å². The third-order valence-electron chi connectivity index (χ3n) is 5.34. The molecule has 2 aromatic rings. The minimum atomic E-state index is -4.04. The lowest BCUT2D eigenvalue weighted by atomic mass is 10.1. The van der Waals surface area contributed by atoms with Gasteiger partial charge in [0.2, 0.25) is 11.8 Å². The Hall–Kier alpha value is -3.27. The van der Waals surface area contributed by atoms with Crippen LogP contribution in [0.4, 0.5) is 4.39 Å². The zero-order valence-corrected chi connectivity index (χ0v) is 18.6. The standard InChI is InChI=1S/C22H24FN3O5S/c1-3-18(21(28)24-2)25(14-15-8-10-16(23)11-9-15)20(27)12-13-26-22(29)17-6-4-5-7-19(17)32(26,30)31/h4-11,18H,3,12-14H2,1-2H3,(H,24,28)/t18-/m1/s1. The van der Waals surface area contributed by atoms with Crippen LogP contribution in [-0.4, -0.2) is 55.0 Å². The first-order valence-electron chi connectivity index (χ1n) is 10.1.